The van der Waals surface area contributed by atoms with Crippen molar-refractivity contribution in [1.82, 2.24) is 9.99 Å². The van der Waals surface area contributed by atoms with E-state index in [9.17, 15) is 9.59 Å². The highest BCUT2D eigenvalue weighted by Crippen LogP contribution is 2.18. The van der Waals surface area contributed by atoms with Gasteiger partial charge in [-0.25, -0.2) is 5.43 Å². The molecule has 134 valence electrons. The van der Waals surface area contributed by atoms with E-state index in [1.165, 1.54) is 6.21 Å². The molecule has 1 amide bonds. The molecular formula is C20H14IN3O3. The largest absolute Gasteiger partial charge is 0.449 e. The maximum Gasteiger partial charge on any atom is 0.260 e. The van der Waals surface area contributed by atoms with Gasteiger partial charge >= 0.3 is 0 Å². The van der Waals surface area contributed by atoms with Crippen molar-refractivity contribution in [3.8, 4) is 0 Å². The number of rotatable bonds is 4. The summed E-state index contributed by atoms with van der Waals surface area (Å²) in [4.78, 5) is 25.1. The van der Waals surface area contributed by atoms with Crippen molar-refractivity contribution in [1.29, 1.82) is 0 Å². The number of hydrazone groups is 1. The summed E-state index contributed by atoms with van der Waals surface area (Å²) < 4.78 is 7.93. The Morgan fingerprint density at radius 3 is 2.26 bits per heavy atom. The second-order valence-corrected chi connectivity index (χ2v) is 6.95. The van der Waals surface area contributed by atoms with Crippen LogP contribution in [-0.2, 0) is 11.3 Å². The van der Waals surface area contributed by atoms with Gasteiger partial charge in [0, 0.05) is 10.8 Å². The number of nitrogens with one attached hydrogen (secondary N) is 1. The summed E-state index contributed by atoms with van der Waals surface area (Å²) in [6.07, 6.45) is 1.45. The summed E-state index contributed by atoms with van der Waals surface area (Å²) >= 11 is 2.05. The van der Waals surface area contributed by atoms with Crippen LogP contribution in [0.1, 0.15) is 5.76 Å². The molecule has 0 atom stereocenters. The van der Waals surface area contributed by atoms with E-state index < -0.39 is 0 Å². The molecule has 0 spiro atoms. The Hall–Kier alpha value is -2.94. The Kier molecular flexibility index (Phi) is 4.76. The zero-order valence-electron chi connectivity index (χ0n) is 14.1. The van der Waals surface area contributed by atoms with Crippen LogP contribution >= 0.6 is 22.6 Å². The maximum atomic E-state index is 12.7. The van der Waals surface area contributed by atoms with E-state index in [1.54, 1.807) is 18.2 Å². The zero-order chi connectivity index (χ0) is 18.8. The number of hydrogen-bond acceptors (Lipinski definition) is 4. The molecule has 0 saturated carbocycles. The smallest absolute Gasteiger partial charge is 0.260 e. The fourth-order valence-corrected chi connectivity index (χ4v) is 3.43. The molecule has 0 aliphatic heterocycles. The van der Waals surface area contributed by atoms with Gasteiger partial charge in [0.15, 0.2) is 9.20 Å². The highest BCUT2D eigenvalue weighted by Gasteiger charge is 2.12. The highest BCUT2D eigenvalue weighted by molar-refractivity contribution is 14.1. The van der Waals surface area contributed by atoms with Gasteiger partial charge in [0.25, 0.3) is 5.91 Å². The fraction of sp³-hybridized carbons (Fsp3) is 0.0500. The number of para-hydroxylation sites is 2. The molecule has 0 fully saturated rings. The van der Waals surface area contributed by atoms with Gasteiger partial charge < -0.3 is 8.98 Å². The van der Waals surface area contributed by atoms with Gasteiger partial charge in [-0.3, -0.25) is 9.59 Å². The van der Waals surface area contributed by atoms with Crippen molar-refractivity contribution in [3.63, 3.8) is 0 Å². The molecule has 27 heavy (non-hydrogen) atoms. The van der Waals surface area contributed by atoms with E-state index in [-0.39, 0.29) is 17.9 Å². The second-order valence-electron chi connectivity index (χ2n) is 5.88. The molecule has 0 radical (unpaired) electrons. The van der Waals surface area contributed by atoms with Gasteiger partial charge in [-0.1, -0.05) is 24.3 Å². The van der Waals surface area contributed by atoms with Crippen LogP contribution in [0.5, 0.6) is 0 Å². The predicted octanol–water partition coefficient (Wildman–Crippen LogP) is 3.50. The number of carbonyl (C=O) groups excluding carboxylic acids is 1. The molecular weight excluding hydrogens is 457 g/mol. The molecule has 2 aromatic carbocycles. The third-order valence-corrected chi connectivity index (χ3v) is 4.74. The van der Waals surface area contributed by atoms with Gasteiger partial charge in [-0.2, -0.15) is 5.10 Å². The molecule has 6 nitrogen and oxygen atoms in total. The van der Waals surface area contributed by atoms with Crippen molar-refractivity contribution in [3.05, 3.63) is 80.4 Å². The molecule has 0 bridgehead atoms. The molecule has 0 saturated heterocycles. The predicted molar refractivity (Wildman–Crippen MR) is 113 cm³/mol. The number of aromatic nitrogens is 1. The zero-order valence-corrected chi connectivity index (χ0v) is 16.2. The number of furan rings is 1. The van der Waals surface area contributed by atoms with Gasteiger partial charge in [0.1, 0.15) is 12.3 Å². The number of pyridine rings is 1. The minimum atomic E-state index is -0.300. The minimum absolute atomic E-state index is 0.0360. The van der Waals surface area contributed by atoms with Crippen LogP contribution in [0.3, 0.4) is 0 Å². The van der Waals surface area contributed by atoms with E-state index in [1.807, 2.05) is 47.0 Å². The minimum Gasteiger partial charge on any atom is -0.449 e. The lowest BCUT2D eigenvalue weighted by Gasteiger charge is -2.14. The Labute approximate surface area is 167 Å². The summed E-state index contributed by atoms with van der Waals surface area (Å²) in [6, 6.07) is 18.1. The Balaban J connectivity index is 1.68. The Morgan fingerprint density at radius 1 is 1.04 bits per heavy atom. The SMILES string of the molecule is O=C(Cn1c2ccccc2c(=O)c2ccccc21)N/N=C\c1ccc(I)o1. The number of halogens is 1. The van der Waals surface area contributed by atoms with Crippen molar-refractivity contribution in [2.75, 3.05) is 0 Å². The van der Waals surface area contributed by atoms with E-state index in [0.29, 0.717) is 27.6 Å². The first kappa shape index (κ1) is 17.5. The van der Waals surface area contributed by atoms with Crippen molar-refractivity contribution in [2.24, 2.45) is 5.10 Å². The number of fused-ring (bicyclic) bond motifs is 2. The second kappa shape index (κ2) is 7.36. The van der Waals surface area contributed by atoms with Crippen LogP contribution < -0.4 is 10.9 Å². The molecule has 7 heteroatoms. The van der Waals surface area contributed by atoms with Gasteiger partial charge in [-0.05, 0) is 59.0 Å². The van der Waals surface area contributed by atoms with Crippen LogP contribution in [0.25, 0.3) is 21.8 Å². The van der Waals surface area contributed by atoms with E-state index in [2.05, 4.69) is 33.1 Å². The first-order valence-corrected chi connectivity index (χ1v) is 9.29. The number of benzene rings is 2. The standard InChI is InChI=1S/C20H14IN3O3/c21-18-10-9-13(27-18)11-22-23-19(25)12-24-16-7-3-1-5-14(16)20(26)15-6-2-4-8-17(15)24/h1-11H,12H2,(H,23,25)/b22-11-. The molecule has 2 aromatic heterocycles. The lowest BCUT2D eigenvalue weighted by atomic mass is 10.1. The quantitative estimate of drug-likeness (QED) is 0.214. The number of hydrogen-bond donors (Lipinski definition) is 1. The van der Waals surface area contributed by atoms with Gasteiger partial charge in [0.05, 0.1) is 17.2 Å². The molecule has 4 rings (SSSR count). The van der Waals surface area contributed by atoms with E-state index in [0.717, 1.165) is 3.77 Å². The number of nitrogens with zero attached hydrogens (tertiary/aromatic N) is 2. The third kappa shape index (κ3) is 3.50. The maximum absolute atomic E-state index is 12.7. The molecule has 4 aromatic rings. The average Bonchev–Trinajstić information content (AvgIpc) is 3.10. The number of carbonyl (C=O) groups is 1. The lowest BCUT2D eigenvalue weighted by Crippen LogP contribution is -2.25. The Morgan fingerprint density at radius 2 is 1.67 bits per heavy atom. The molecule has 1 N–H and O–H groups in total. The van der Waals surface area contributed by atoms with Crippen molar-refractivity contribution >= 4 is 56.5 Å². The van der Waals surface area contributed by atoms with Crippen molar-refractivity contribution < 1.29 is 9.21 Å². The van der Waals surface area contributed by atoms with Gasteiger partial charge in [-0.15, -0.1) is 0 Å². The van der Waals surface area contributed by atoms with E-state index in [4.69, 9.17) is 4.42 Å². The fourth-order valence-electron chi connectivity index (χ4n) is 2.99. The normalized spacial score (nSPS) is 11.4. The lowest BCUT2D eigenvalue weighted by molar-refractivity contribution is -0.121. The summed E-state index contributed by atoms with van der Waals surface area (Å²) in [5.41, 5.74) is 3.88. The molecule has 0 unspecified atom stereocenters. The van der Waals surface area contributed by atoms with Crippen molar-refractivity contribution in [2.45, 2.75) is 6.54 Å². The summed E-state index contributed by atoms with van der Waals surface area (Å²) in [5, 5.41) is 5.09. The first-order valence-electron chi connectivity index (χ1n) is 8.21. The van der Waals surface area contributed by atoms with Crippen LogP contribution in [0.2, 0.25) is 0 Å². The molecule has 2 heterocycles. The summed E-state index contributed by atoms with van der Waals surface area (Å²) in [5.74, 6) is 0.255. The number of amides is 1. The summed E-state index contributed by atoms with van der Waals surface area (Å²) in [6.45, 7) is 0.0360. The van der Waals surface area contributed by atoms with Crippen LogP contribution in [0.15, 0.2) is 75.0 Å². The van der Waals surface area contributed by atoms with Crippen LogP contribution in [0, 0.1) is 3.77 Å². The monoisotopic (exact) mass is 471 g/mol. The van der Waals surface area contributed by atoms with Crippen LogP contribution in [0.4, 0.5) is 0 Å². The van der Waals surface area contributed by atoms with Crippen LogP contribution in [-0.4, -0.2) is 16.7 Å². The van der Waals surface area contributed by atoms with Gasteiger partial charge in [0.2, 0.25) is 0 Å². The third-order valence-electron chi connectivity index (χ3n) is 4.16. The summed E-state index contributed by atoms with van der Waals surface area (Å²) in [7, 11) is 0. The Bertz CT molecular complexity index is 1180. The van der Waals surface area contributed by atoms with E-state index >= 15 is 0 Å². The highest BCUT2D eigenvalue weighted by atomic mass is 127. The topological polar surface area (TPSA) is 76.6 Å². The molecule has 0 aliphatic carbocycles. The first-order chi connectivity index (χ1) is 13.1. The molecule has 0 aliphatic rings. The average molecular weight is 471 g/mol.